The summed E-state index contributed by atoms with van der Waals surface area (Å²) < 4.78 is 2.75. The highest BCUT2D eigenvalue weighted by atomic mass is 79.9. The normalized spacial score (nSPS) is 13.1. The molecule has 1 N–H and O–H groups in total. The third-order valence-corrected chi connectivity index (χ3v) is 4.65. The molecule has 2 aromatic rings. The van der Waals surface area contributed by atoms with Crippen LogP contribution in [0.5, 0.6) is 0 Å². The molecular weight excluding hydrogens is 288 g/mol. The quantitative estimate of drug-likeness (QED) is 0.926. The van der Waals surface area contributed by atoms with Gasteiger partial charge in [-0.25, -0.2) is 0 Å². The molecule has 0 radical (unpaired) electrons. The van der Waals surface area contributed by atoms with E-state index < -0.39 is 6.10 Å². The Hall–Kier alpha value is -0.650. The minimum absolute atomic E-state index is 0.594. The van der Waals surface area contributed by atoms with E-state index in [0.29, 0.717) is 0 Å². The van der Waals surface area contributed by atoms with Crippen LogP contribution in [0.15, 0.2) is 15.9 Å². The molecule has 5 heteroatoms. The largest absolute Gasteiger partial charge is 0.383 e. The molecule has 1 unspecified atom stereocenters. The highest BCUT2D eigenvalue weighted by molar-refractivity contribution is 9.10. The van der Waals surface area contributed by atoms with Gasteiger partial charge in [-0.2, -0.15) is 5.10 Å². The van der Waals surface area contributed by atoms with Crippen molar-refractivity contribution in [1.82, 2.24) is 9.78 Å². The van der Waals surface area contributed by atoms with E-state index in [1.165, 1.54) is 0 Å². The molecule has 2 aromatic heterocycles. The Morgan fingerprint density at radius 2 is 2.19 bits per heavy atom. The van der Waals surface area contributed by atoms with Crippen LogP contribution < -0.4 is 0 Å². The van der Waals surface area contributed by atoms with Crippen molar-refractivity contribution in [2.75, 3.05) is 0 Å². The number of aliphatic hydroxyl groups is 1. The van der Waals surface area contributed by atoms with Gasteiger partial charge in [0.25, 0.3) is 0 Å². The molecule has 2 heterocycles. The lowest BCUT2D eigenvalue weighted by Crippen LogP contribution is -2.01. The third kappa shape index (κ3) is 1.83. The van der Waals surface area contributed by atoms with Gasteiger partial charge in [0.05, 0.1) is 10.6 Å². The van der Waals surface area contributed by atoms with E-state index in [1.807, 2.05) is 32.3 Å². The molecule has 0 saturated heterocycles. The first-order chi connectivity index (χ1) is 7.52. The highest BCUT2D eigenvalue weighted by Gasteiger charge is 2.22. The predicted octanol–water partition coefficient (Wildman–Crippen LogP) is 2.94. The van der Waals surface area contributed by atoms with Crippen molar-refractivity contribution in [3.8, 4) is 0 Å². The monoisotopic (exact) mass is 300 g/mol. The van der Waals surface area contributed by atoms with Gasteiger partial charge in [-0.15, -0.1) is 11.3 Å². The number of hydrogen-bond acceptors (Lipinski definition) is 3. The molecule has 86 valence electrons. The summed E-state index contributed by atoms with van der Waals surface area (Å²) in [5.74, 6) is 0. The first kappa shape index (κ1) is 11.8. The molecule has 2 rings (SSSR count). The maximum absolute atomic E-state index is 10.4. The van der Waals surface area contributed by atoms with E-state index in [4.69, 9.17) is 0 Å². The van der Waals surface area contributed by atoms with Crippen molar-refractivity contribution >= 4 is 27.3 Å². The van der Waals surface area contributed by atoms with Crippen LogP contribution in [0.2, 0.25) is 0 Å². The number of aromatic nitrogens is 2. The Labute approximate surface area is 107 Å². The number of halogens is 1. The second-order valence-electron chi connectivity index (χ2n) is 3.74. The number of rotatable bonds is 2. The van der Waals surface area contributed by atoms with Crippen LogP contribution in [0.25, 0.3) is 0 Å². The Morgan fingerprint density at radius 3 is 2.62 bits per heavy atom. The molecule has 0 aliphatic rings. The van der Waals surface area contributed by atoms with Crippen molar-refractivity contribution in [3.63, 3.8) is 0 Å². The summed E-state index contributed by atoms with van der Waals surface area (Å²) in [7, 11) is 1.89. The zero-order chi connectivity index (χ0) is 11.9. The molecule has 0 bridgehead atoms. The standard InChI is InChI=1S/C11H13BrN2OS/c1-6-9(7(2)14(3)13-6)10(15)11-8(12)4-5-16-11/h4-5,10,15H,1-3H3. The Morgan fingerprint density at radius 1 is 1.50 bits per heavy atom. The summed E-state index contributed by atoms with van der Waals surface area (Å²) >= 11 is 4.99. The summed E-state index contributed by atoms with van der Waals surface area (Å²) in [5.41, 5.74) is 2.80. The number of nitrogens with zero attached hydrogens (tertiary/aromatic N) is 2. The van der Waals surface area contributed by atoms with Crippen molar-refractivity contribution < 1.29 is 5.11 Å². The second kappa shape index (κ2) is 4.31. The summed E-state index contributed by atoms with van der Waals surface area (Å²) in [6, 6.07) is 1.95. The van der Waals surface area contributed by atoms with E-state index in [2.05, 4.69) is 21.0 Å². The Balaban J connectivity index is 2.49. The minimum Gasteiger partial charge on any atom is -0.383 e. The van der Waals surface area contributed by atoms with Gasteiger partial charge in [0.2, 0.25) is 0 Å². The van der Waals surface area contributed by atoms with E-state index >= 15 is 0 Å². The van der Waals surface area contributed by atoms with Gasteiger partial charge >= 0.3 is 0 Å². The fraction of sp³-hybridized carbons (Fsp3) is 0.364. The van der Waals surface area contributed by atoms with Crippen LogP contribution >= 0.6 is 27.3 Å². The summed E-state index contributed by atoms with van der Waals surface area (Å²) in [4.78, 5) is 0.930. The summed E-state index contributed by atoms with van der Waals surface area (Å²) in [6.45, 7) is 3.90. The molecule has 16 heavy (non-hydrogen) atoms. The highest BCUT2D eigenvalue weighted by Crippen LogP contribution is 2.35. The maximum atomic E-state index is 10.4. The van der Waals surface area contributed by atoms with Gasteiger partial charge in [0.15, 0.2) is 0 Å². The average molecular weight is 301 g/mol. The summed E-state index contributed by atoms with van der Waals surface area (Å²) in [6.07, 6.45) is -0.594. The molecule has 3 nitrogen and oxygen atoms in total. The smallest absolute Gasteiger partial charge is 0.118 e. The molecule has 0 aliphatic carbocycles. The predicted molar refractivity (Wildman–Crippen MR) is 68.8 cm³/mol. The van der Waals surface area contributed by atoms with Crippen molar-refractivity contribution in [2.45, 2.75) is 20.0 Å². The van der Waals surface area contributed by atoms with Crippen molar-refractivity contribution in [3.05, 3.63) is 37.7 Å². The number of thiophene rings is 1. The van der Waals surface area contributed by atoms with E-state index in [-0.39, 0.29) is 0 Å². The Kier molecular flexibility index (Phi) is 3.19. The fourth-order valence-electron chi connectivity index (χ4n) is 1.82. The molecule has 0 spiro atoms. The Bertz CT molecular complexity index is 518. The average Bonchev–Trinajstić information content (AvgIpc) is 2.73. The van der Waals surface area contributed by atoms with Crippen LogP contribution in [0.3, 0.4) is 0 Å². The molecule has 0 fully saturated rings. The molecule has 0 saturated carbocycles. The molecule has 0 amide bonds. The zero-order valence-corrected chi connectivity index (χ0v) is 11.8. The number of hydrogen-bond donors (Lipinski definition) is 1. The molecule has 0 aromatic carbocycles. The lowest BCUT2D eigenvalue weighted by Gasteiger charge is -2.10. The minimum atomic E-state index is -0.594. The molecular formula is C11H13BrN2OS. The van der Waals surface area contributed by atoms with Crippen LogP contribution in [-0.2, 0) is 7.05 Å². The second-order valence-corrected chi connectivity index (χ2v) is 5.55. The van der Waals surface area contributed by atoms with E-state index in [1.54, 1.807) is 16.0 Å². The molecule has 1 atom stereocenters. The van der Waals surface area contributed by atoms with Gasteiger partial charge in [0.1, 0.15) is 6.10 Å². The van der Waals surface area contributed by atoms with E-state index in [9.17, 15) is 5.11 Å². The van der Waals surface area contributed by atoms with Crippen LogP contribution in [-0.4, -0.2) is 14.9 Å². The van der Waals surface area contributed by atoms with Crippen LogP contribution in [0, 0.1) is 13.8 Å². The van der Waals surface area contributed by atoms with E-state index in [0.717, 1.165) is 26.3 Å². The van der Waals surface area contributed by atoms with Gasteiger partial charge in [0, 0.05) is 22.8 Å². The lowest BCUT2D eigenvalue weighted by atomic mass is 10.1. The van der Waals surface area contributed by atoms with Crippen LogP contribution in [0.1, 0.15) is 27.9 Å². The SMILES string of the molecule is Cc1nn(C)c(C)c1C(O)c1sccc1Br. The van der Waals surface area contributed by atoms with Gasteiger partial charge in [-0.1, -0.05) is 0 Å². The third-order valence-electron chi connectivity index (χ3n) is 2.73. The lowest BCUT2D eigenvalue weighted by molar-refractivity contribution is 0.222. The van der Waals surface area contributed by atoms with Crippen molar-refractivity contribution in [2.24, 2.45) is 7.05 Å². The summed E-state index contributed by atoms with van der Waals surface area (Å²) in [5, 5.41) is 16.6. The first-order valence-electron chi connectivity index (χ1n) is 4.93. The van der Waals surface area contributed by atoms with Gasteiger partial charge < -0.3 is 5.11 Å². The van der Waals surface area contributed by atoms with Gasteiger partial charge in [-0.3, -0.25) is 4.68 Å². The maximum Gasteiger partial charge on any atom is 0.118 e. The fourth-order valence-corrected chi connectivity index (χ4v) is 3.40. The topological polar surface area (TPSA) is 38.0 Å². The number of aryl methyl sites for hydroxylation is 2. The first-order valence-corrected chi connectivity index (χ1v) is 6.60. The zero-order valence-electron chi connectivity index (χ0n) is 9.36. The number of aliphatic hydroxyl groups excluding tert-OH is 1. The molecule has 0 aliphatic heterocycles. The van der Waals surface area contributed by atoms with Gasteiger partial charge in [-0.05, 0) is 41.2 Å². The van der Waals surface area contributed by atoms with Crippen LogP contribution in [0.4, 0.5) is 0 Å². The van der Waals surface area contributed by atoms with Crippen molar-refractivity contribution in [1.29, 1.82) is 0 Å².